The van der Waals surface area contributed by atoms with Crippen molar-refractivity contribution in [2.75, 3.05) is 50.8 Å². The number of alkyl halides is 3. The van der Waals surface area contributed by atoms with E-state index in [1.54, 1.807) is 12.1 Å². The van der Waals surface area contributed by atoms with Crippen LogP contribution in [0, 0.1) is 5.92 Å². The van der Waals surface area contributed by atoms with Crippen LogP contribution in [-0.2, 0) is 4.74 Å². The fourth-order valence-electron chi connectivity index (χ4n) is 4.10. The number of anilines is 1. The summed E-state index contributed by atoms with van der Waals surface area (Å²) in [5.74, 6) is 0.534. The summed E-state index contributed by atoms with van der Waals surface area (Å²) in [5, 5.41) is 17.5. The number of hydrogen-bond acceptors (Lipinski definition) is 8. The fourth-order valence-corrected chi connectivity index (χ4v) is 5.11. The molecule has 11 heteroatoms. The van der Waals surface area contributed by atoms with Gasteiger partial charge in [0.1, 0.15) is 5.52 Å². The van der Waals surface area contributed by atoms with Gasteiger partial charge in [-0.3, -0.25) is 4.90 Å². The first-order valence-corrected chi connectivity index (χ1v) is 10.9. The summed E-state index contributed by atoms with van der Waals surface area (Å²) in [4.78, 5) is 5.08. The van der Waals surface area contributed by atoms with Crippen LogP contribution >= 0.6 is 11.3 Å². The van der Waals surface area contributed by atoms with Crippen LogP contribution < -0.4 is 4.90 Å². The van der Waals surface area contributed by atoms with Gasteiger partial charge in [0.2, 0.25) is 0 Å². The van der Waals surface area contributed by atoms with Crippen molar-refractivity contribution in [2.45, 2.75) is 12.3 Å². The lowest BCUT2D eigenvalue weighted by atomic mass is 9.97. The van der Waals surface area contributed by atoms with Gasteiger partial charge in [-0.05, 0) is 40.1 Å². The molecule has 2 aliphatic rings. The zero-order valence-corrected chi connectivity index (χ0v) is 17.3. The quantitative estimate of drug-likeness (QED) is 0.634. The highest BCUT2D eigenvalue weighted by molar-refractivity contribution is 7.15. The second-order valence-electron chi connectivity index (χ2n) is 7.96. The Morgan fingerprint density at radius 2 is 1.94 bits per heavy atom. The Kier molecular flexibility index (Phi) is 5.37. The van der Waals surface area contributed by atoms with E-state index in [0.717, 1.165) is 68.5 Å². The molecule has 166 valence electrons. The van der Waals surface area contributed by atoms with E-state index in [2.05, 4.69) is 20.1 Å². The number of ether oxygens (including phenoxy) is 1. The highest BCUT2D eigenvalue weighted by Crippen LogP contribution is 2.41. The Balaban J connectivity index is 1.36. The van der Waals surface area contributed by atoms with Crippen molar-refractivity contribution < 1.29 is 27.6 Å². The van der Waals surface area contributed by atoms with Crippen molar-refractivity contribution in [3.63, 3.8) is 0 Å². The molecule has 5 rings (SSSR count). The lowest BCUT2D eigenvalue weighted by Gasteiger charge is -2.43. The number of aliphatic hydroxyl groups excluding tert-OH is 1. The zero-order valence-electron chi connectivity index (χ0n) is 16.5. The molecule has 0 bridgehead atoms. The lowest BCUT2D eigenvalue weighted by molar-refractivity contribution is -0.205. The van der Waals surface area contributed by atoms with Crippen LogP contribution in [0.2, 0.25) is 0 Å². The Bertz CT molecular complexity index is 1060. The molecule has 1 N–H and O–H groups in total. The van der Waals surface area contributed by atoms with Crippen LogP contribution in [0.25, 0.3) is 21.5 Å². The van der Waals surface area contributed by atoms with Crippen molar-refractivity contribution in [1.82, 2.24) is 15.2 Å². The average molecular weight is 454 g/mol. The van der Waals surface area contributed by atoms with Crippen molar-refractivity contribution in [3.8, 4) is 10.4 Å². The van der Waals surface area contributed by atoms with E-state index in [0.29, 0.717) is 21.8 Å². The molecule has 0 radical (unpaired) electrons. The number of hydrogen-bond donors (Lipinski definition) is 1. The van der Waals surface area contributed by atoms with Gasteiger partial charge in [0.25, 0.3) is 0 Å². The predicted molar refractivity (Wildman–Crippen MR) is 109 cm³/mol. The maximum atomic E-state index is 12.9. The molecule has 31 heavy (non-hydrogen) atoms. The van der Waals surface area contributed by atoms with E-state index in [4.69, 9.17) is 9.37 Å². The molecule has 0 saturated carbocycles. The molecular weight excluding hydrogens is 433 g/mol. The first-order valence-electron chi connectivity index (χ1n) is 10.0. The zero-order chi connectivity index (χ0) is 21.6. The minimum absolute atomic E-state index is 0.142. The Labute approximate surface area is 180 Å². The van der Waals surface area contributed by atoms with Crippen LogP contribution in [0.5, 0.6) is 0 Å². The Morgan fingerprint density at radius 1 is 1.16 bits per heavy atom. The van der Waals surface area contributed by atoms with E-state index < -0.39 is 12.3 Å². The SMILES string of the molecule is OC(c1ccc(-c2cc(N3CC(CN4CCOCC4)C3)c3nonc3c2)s1)C(F)(F)F. The van der Waals surface area contributed by atoms with Crippen LogP contribution in [0.15, 0.2) is 28.9 Å². The highest BCUT2D eigenvalue weighted by atomic mass is 32.1. The molecule has 1 aromatic carbocycles. The molecule has 1 unspecified atom stereocenters. The first-order chi connectivity index (χ1) is 14.9. The van der Waals surface area contributed by atoms with Gasteiger partial charge < -0.3 is 14.7 Å². The summed E-state index contributed by atoms with van der Waals surface area (Å²) in [6.45, 7) is 6.20. The summed E-state index contributed by atoms with van der Waals surface area (Å²) in [7, 11) is 0. The second kappa shape index (κ2) is 8.05. The number of thiophene rings is 1. The van der Waals surface area contributed by atoms with Crippen molar-refractivity contribution in [1.29, 1.82) is 0 Å². The number of nitrogens with zero attached hydrogens (tertiary/aromatic N) is 4. The fraction of sp³-hybridized carbons (Fsp3) is 0.500. The molecule has 1 atom stereocenters. The minimum Gasteiger partial charge on any atom is -0.379 e. The van der Waals surface area contributed by atoms with Gasteiger partial charge >= 0.3 is 6.18 Å². The smallest absolute Gasteiger partial charge is 0.379 e. The molecule has 3 aromatic rings. The van der Waals surface area contributed by atoms with E-state index in [9.17, 15) is 18.3 Å². The first kappa shape index (κ1) is 20.7. The third kappa shape index (κ3) is 4.14. The largest absolute Gasteiger partial charge is 0.419 e. The molecule has 0 amide bonds. The van der Waals surface area contributed by atoms with Gasteiger partial charge in [-0.25, -0.2) is 4.63 Å². The third-order valence-electron chi connectivity index (χ3n) is 5.75. The standard InChI is InChI=1S/C20H21F3N4O3S/c21-20(22,23)19(28)17-2-1-16(31-17)13-7-14-18(25-30-24-14)15(8-13)27-10-12(11-27)9-26-3-5-29-6-4-26/h1-2,7-8,12,19,28H,3-6,9-11H2. The average Bonchev–Trinajstić information content (AvgIpc) is 3.38. The Morgan fingerprint density at radius 3 is 2.68 bits per heavy atom. The molecule has 7 nitrogen and oxygen atoms in total. The molecule has 2 aromatic heterocycles. The number of morpholine rings is 1. The number of benzene rings is 1. The molecule has 2 aliphatic heterocycles. The third-order valence-corrected chi connectivity index (χ3v) is 6.94. The van der Waals surface area contributed by atoms with Crippen LogP contribution in [-0.4, -0.2) is 72.4 Å². The monoisotopic (exact) mass is 454 g/mol. The lowest BCUT2D eigenvalue weighted by Crippen LogP contribution is -2.53. The molecule has 4 heterocycles. The maximum absolute atomic E-state index is 12.9. The van der Waals surface area contributed by atoms with Crippen molar-refractivity contribution >= 4 is 28.1 Å². The number of fused-ring (bicyclic) bond motifs is 1. The van der Waals surface area contributed by atoms with Gasteiger partial charge in [-0.1, -0.05) is 0 Å². The summed E-state index contributed by atoms with van der Waals surface area (Å²) in [6, 6.07) is 6.55. The van der Waals surface area contributed by atoms with Crippen molar-refractivity contribution in [3.05, 3.63) is 29.1 Å². The summed E-state index contributed by atoms with van der Waals surface area (Å²) >= 11 is 0.916. The van der Waals surface area contributed by atoms with Gasteiger partial charge in [0, 0.05) is 48.4 Å². The molecule has 2 saturated heterocycles. The number of aromatic nitrogens is 2. The maximum Gasteiger partial charge on any atom is 0.419 e. The molecular formula is C20H21F3N4O3S. The summed E-state index contributed by atoms with van der Waals surface area (Å²) in [6.07, 6.45) is -7.18. The van der Waals surface area contributed by atoms with E-state index in [1.165, 1.54) is 6.07 Å². The van der Waals surface area contributed by atoms with E-state index >= 15 is 0 Å². The van der Waals surface area contributed by atoms with Crippen LogP contribution in [0.1, 0.15) is 11.0 Å². The Hall–Kier alpha value is -2.21. The van der Waals surface area contributed by atoms with Crippen LogP contribution in [0.3, 0.4) is 0 Å². The van der Waals surface area contributed by atoms with Crippen LogP contribution in [0.4, 0.5) is 18.9 Å². The van der Waals surface area contributed by atoms with E-state index in [1.807, 2.05) is 6.07 Å². The molecule has 0 aliphatic carbocycles. The number of rotatable bonds is 5. The second-order valence-corrected chi connectivity index (χ2v) is 9.07. The summed E-state index contributed by atoms with van der Waals surface area (Å²) < 4.78 is 48.9. The van der Waals surface area contributed by atoms with Gasteiger partial charge in [-0.2, -0.15) is 13.2 Å². The minimum atomic E-state index is -4.69. The number of halogens is 3. The van der Waals surface area contributed by atoms with Gasteiger partial charge in [-0.15, -0.1) is 11.3 Å². The topological polar surface area (TPSA) is 74.9 Å². The van der Waals surface area contributed by atoms with Crippen molar-refractivity contribution in [2.24, 2.45) is 5.92 Å². The van der Waals surface area contributed by atoms with Gasteiger partial charge in [0.15, 0.2) is 11.6 Å². The molecule has 0 spiro atoms. The predicted octanol–water partition coefficient (Wildman–Crippen LogP) is 3.32. The molecule has 2 fully saturated rings. The number of aliphatic hydroxyl groups is 1. The van der Waals surface area contributed by atoms with Gasteiger partial charge in [0.05, 0.1) is 18.9 Å². The normalized spacial score (nSPS) is 19.7. The van der Waals surface area contributed by atoms with E-state index in [-0.39, 0.29) is 4.88 Å². The highest BCUT2D eigenvalue weighted by Gasteiger charge is 2.40. The summed E-state index contributed by atoms with van der Waals surface area (Å²) in [5.41, 5.74) is 2.77.